The van der Waals surface area contributed by atoms with E-state index in [4.69, 9.17) is 9.84 Å². The van der Waals surface area contributed by atoms with Gasteiger partial charge in [0.05, 0.1) is 11.1 Å². The molecule has 0 aliphatic heterocycles. The smallest absolute Gasteiger partial charge is 0.416 e. The highest BCUT2D eigenvalue weighted by molar-refractivity contribution is 5.92. The molecule has 3 aromatic rings. The Labute approximate surface area is 155 Å². The van der Waals surface area contributed by atoms with Crippen LogP contribution in [0.5, 0.6) is 11.5 Å². The van der Waals surface area contributed by atoms with Gasteiger partial charge in [-0.3, -0.25) is 0 Å². The molecule has 0 spiro atoms. The SMILES string of the molecule is C.CC.O=C(O)c1ccc2c(Oc3ccc(C(F)(F)F)cc3)cccc2n1. The molecule has 4 nitrogen and oxygen atoms in total. The van der Waals surface area contributed by atoms with Gasteiger partial charge < -0.3 is 9.84 Å². The summed E-state index contributed by atoms with van der Waals surface area (Å²) in [6, 6.07) is 12.1. The minimum atomic E-state index is -4.41. The lowest BCUT2D eigenvalue weighted by atomic mass is 10.1. The quantitative estimate of drug-likeness (QED) is 0.571. The highest BCUT2D eigenvalue weighted by Gasteiger charge is 2.30. The van der Waals surface area contributed by atoms with E-state index in [0.717, 1.165) is 12.1 Å². The van der Waals surface area contributed by atoms with Crippen LogP contribution in [0, 0.1) is 0 Å². The third kappa shape index (κ3) is 5.20. The molecule has 0 saturated heterocycles. The first-order valence-corrected chi connectivity index (χ1v) is 7.83. The number of hydrogen-bond acceptors (Lipinski definition) is 3. The van der Waals surface area contributed by atoms with Gasteiger partial charge in [0.15, 0.2) is 0 Å². The van der Waals surface area contributed by atoms with Gasteiger partial charge in [-0.1, -0.05) is 27.3 Å². The molecule has 1 aromatic heterocycles. The second-order valence-electron chi connectivity index (χ2n) is 4.95. The number of fused-ring (bicyclic) bond motifs is 1. The van der Waals surface area contributed by atoms with E-state index < -0.39 is 17.7 Å². The van der Waals surface area contributed by atoms with Crippen LogP contribution in [0.3, 0.4) is 0 Å². The zero-order valence-corrected chi connectivity index (χ0v) is 14.0. The Morgan fingerprint density at radius 1 is 1.00 bits per heavy atom. The number of nitrogens with zero attached hydrogens (tertiary/aromatic N) is 1. The Morgan fingerprint density at radius 2 is 1.63 bits per heavy atom. The largest absolute Gasteiger partial charge is 0.477 e. The second-order valence-corrected chi connectivity index (χ2v) is 4.95. The number of pyridine rings is 1. The second kappa shape index (κ2) is 9.02. The summed E-state index contributed by atoms with van der Waals surface area (Å²) in [5, 5.41) is 9.51. The van der Waals surface area contributed by atoms with Crippen LogP contribution in [0.1, 0.15) is 37.3 Å². The minimum absolute atomic E-state index is 0. The van der Waals surface area contributed by atoms with Crippen molar-refractivity contribution < 1.29 is 27.8 Å². The molecule has 3 rings (SSSR count). The van der Waals surface area contributed by atoms with E-state index in [9.17, 15) is 18.0 Å². The Morgan fingerprint density at radius 3 is 2.19 bits per heavy atom. The van der Waals surface area contributed by atoms with E-state index in [0.29, 0.717) is 16.7 Å². The van der Waals surface area contributed by atoms with E-state index in [1.165, 1.54) is 18.2 Å². The maximum Gasteiger partial charge on any atom is 0.416 e. The lowest BCUT2D eigenvalue weighted by Gasteiger charge is -2.10. The maximum atomic E-state index is 12.6. The number of ether oxygens (including phenoxy) is 1. The van der Waals surface area contributed by atoms with Gasteiger partial charge in [0.25, 0.3) is 0 Å². The van der Waals surface area contributed by atoms with Gasteiger partial charge in [-0.2, -0.15) is 13.2 Å². The molecule has 1 heterocycles. The van der Waals surface area contributed by atoms with Crippen LogP contribution in [0.4, 0.5) is 13.2 Å². The molecule has 0 atom stereocenters. The summed E-state index contributed by atoms with van der Waals surface area (Å²) in [6.07, 6.45) is -4.41. The topological polar surface area (TPSA) is 59.4 Å². The average Bonchev–Trinajstić information content (AvgIpc) is 2.63. The molecule has 0 aliphatic rings. The molecule has 1 N–H and O–H groups in total. The number of aromatic nitrogens is 1. The van der Waals surface area contributed by atoms with Crippen molar-refractivity contribution in [3.05, 3.63) is 65.9 Å². The first kappa shape index (κ1) is 22.0. The lowest BCUT2D eigenvalue weighted by molar-refractivity contribution is -0.137. The molecule has 2 aromatic carbocycles. The van der Waals surface area contributed by atoms with Crippen molar-refractivity contribution in [3.63, 3.8) is 0 Å². The number of benzene rings is 2. The first-order chi connectivity index (χ1) is 12.3. The fourth-order valence-electron chi connectivity index (χ4n) is 2.17. The minimum Gasteiger partial charge on any atom is -0.477 e. The Bertz CT molecular complexity index is 906. The summed E-state index contributed by atoms with van der Waals surface area (Å²) in [6.45, 7) is 4.00. The zero-order valence-electron chi connectivity index (χ0n) is 14.0. The highest BCUT2D eigenvalue weighted by Crippen LogP contribution is 2.33. The van der Waals surface area contributed by atoms with E-state index in [-0.39, 0.29) is 18.9 Å². The summed E-state index contributed by atoms with van der Waals surface area (Å²) < 4.78 is 43.3. The summed E-state index contributed by atoms with van der Waals surface area (Å²) in [5.41, 5.74) is -0.450. The number of hydrogen-bond donors (Lipinski definition) is 1. The van der Waals surface area contributed by atoms with Crippen molar-refractivity contribution in [1.82, 2.24) is 4.98 Å². The number of alkyl halides is 3. The molecule has 0 saturated carbocycles. The third-order valence-corrected chi connectivity index (χ3v) is 3.32. The molecule has 0 radical (unpaired) electrons. The van der Waals surface area contributed by atoms with E-state index >= 15 is 0 Å². The Kier molecular flexibility index (Phi) is 7.34. The standard InChI is InChI=1S/C17H10F3NO3.C2H6.CH4/c18-17(19,20)10-4-6-11(7-5-10)24-15-3-1-2-13-12(15)8-9-14(21-13)16(22)23;1-2;/h1-9H,(H,22,23);1-2H3;1H4. The van der Waals surface area contributed by atoms with Crippen LogP contribution >= 0.6 is 0 Å². The normalized spacial score (nSPS) is 10.4. The summed E-state index contributed by atoms with van der Waals surface area (Å²) >= 11 is 0. The van der Waals surface area contributed by atoms with Crippen molar-refractivity contribution in [2.24, 2.45) is 0 Å². The lowest BCUT2D eigenvalue weighted by Crippen LogP contribution is -2.04. The van der Waals surface area contributed by atoms with Crippen LogP contribution in [-0.4, -0.2) is 16.1 Å². The van der Waals surface area contributed by atoms with Crippen LogP contribution in [-0.2, 0) is 6.18 Å². The van der Waals surface area contributed by atoms with Crippen LogP contribution in [0.2, 0.25) is 0 Å². The van der Waals surface area contributed by atoms with Gasteiger partial charge >= 0.3 is 12.1 Å². The molecular formula is C20H20F3NO3. The van der Waals surface area contributed by atoms with Crippen molar-refractivity contribution >= 4 is 16.9 Å². The monoisotopic (exact) mass is 379 g/mol. The van der Waals surface area contributed by atoms with Gasteiger partial charge in [-0.15, -0.1) is 0 Å². The molecule has 0 fully saturated rings. The van der Waals surface area contributed by atoms with Gasteiger partial charge in [-0.05, 0) is 48.5 Å². The van der Waals surface area contributed by atoms with Gasteiger partial charge in [0.1, 0.15) is 17.2 Å². The maximum absolute atomic E-state index is 12.6. The average molecular weight is 379 g/mol. The number of rotatable bonds is 3. The first-order valence-electron chi connectivity index (χ1n) is 7.83. The molecule has 7 heteroatoms. The van der Waals surface area contributed by atoms with Crippen LogP contribution in [0.15, 0.2) is 54.6 Å². The summed E-state index contributed by atoms with van der Waals surface area (Å²) in [7, 11) is 0. The molecule has 27 heavy (non-hydrogen) atoms. The molecule has 0 aliphatic carbocycles. The number of halogens is 3. The zero-order chi connectivity index (χ0) is 19.3. The molecule has 0 unspecified atom stereocenters. The van der Waals surface area contributed by atoms with Crippen molar-refractivity contribution in [2.75, 3.05) is 0 Å². The van der Waals surface area contributed by atoms with Crippen molar-refractivity contribution in [2.45, 2.75) is 27.5 Å². The predicted octanol–water partition coefficient (Wildman–Crippen LogP) is 6.41. The van der Waals surface area contributed by atoms with Crippen molar-refractivity contribution in [3.8, 4) is 11.5 Å². The molecule has 144 valence electrons. The fourth-order valence-corrected chi connectivity index (χ4v) is 2.17. The van der Waals surface area contributed by atoms with E-state index in [2.05, 4.69) is 4.98 Å². The fraction of sp³-hybridized carbons (Fsp3) is 0.200. The molecular weight excluding hydrogens is 359 g/mol. The van der Waals surface area contributed by atoms with Gasteiger partial charge in [0.2, 0.25) is 0 Å². The Hall–Kier alpha value is -3.09. The van der Waals surface area contributed by atoms with Gasteiger partial charge in [0, 0.05) is 5.39 Å². The van der Waals surface area contributed by atoms with Crippen LogP contribution in [0.25, 0.3) is 10.9 Å². The van der Waals surface area contributed by atoms with Crippen LogP contribution < -0.4 is 4.74 Å². The Balaban J connectivity index is 0.00000118. The van der Waals surface area contributed by atoms with Crippen molar-refractivity contribution in [1.29, 1.82) is 0 Å². The van der Waals surface area contributed by atoms with E-state index in [1.807, 2.05) is 13.8 Å². The predicted molar refractivity (Wildman–Crippen MR) is 98.3 cm³/mol. The summed E-state index contributed by atoms with van der Waals surface area (Å²) in [4.78, 5) is 14.9. The number of carboxylic acid groups (broad SMARTS) is 1. The number of carboxylic acids is 1. The summed E-state index contributed by atoms with van der Waals surface area (Å²) in [5.74, 6) is -0.541. The van der Waals surface area contributed by atoms with Gasteiger partial charge in [-0.25, -0.2) is 9.78 Å². The highest BCUT2D eigenvalue weighted by atomic mass is 19.4. The number of carbonyl (C=O) groups is 1. The van der Waals surface area contributed by atoms with E-state index in [1.54, 1.807) is 24.3 Å². The molecule has 0 amide bonds. The number of aromatic carboxylic acids is 1. The third-order valence-electron chi connectivity index (χ3n) is 3.32. The molecule has 0 bridgehead atoms.